The Morgan fingerprint density at radius 1 is 1.14 bits per heavy atom. The van der Waals surface area contributed by atoms with E-state index in [0.29, 0.717) is 12.8 Å². The number of carboxylic acids is 1. The van der Waals surface area contributed by atoms with E-state index in [2.05, 4.69) is 24.4 Å². The summed E-state index contributed by atoms with van der Waals surface area (Å²) in [5.41, 5.74) is 2.36. The number of hydrogen-bond acceptors (Lipinski definition) is 2. The van der Waals surface area contributed by atoms with Gasteiger partial charge in [-0.05, 0) is 29.9 Å². The smallest absolute Gasteiger partial charge is 0.326 e. The molecule has 1 aromatic carbocycles. The van der Waals surface area contributed by atoms with Gasteiger partial charge in [-0.25, -0.2) is 4.79 Å². The van der Waals surface area contributed by atoms with Gasteiger partial charge in [0.2, 0.25) is 5.91 Å². The molecule has 4 heteroatoms. The van der Waals surface area contributed by atoms with Crippen molar-refractivity contribution < 1.29 is 14.7 Å². The number of carbonyl (C=O) groups is 2. The van der Waals surface area contributed by atoms with Crippen LogP contribution in [0, 0.1) is 5.92 Å². The molecule has 0 unspecified atom stereocenters. The van der Waals surface area contributed by atoms with E-state index in [9.17, 15) is 9.59 Å². The number of carboxylic acid groups (broad SMARTS) is 1. The number of benzene rings is 1. The Hall–Kier alpha value is -1.84. The Balaban J connectivity index is 2.50. The lowest BCUT2D eigenvalue weighted by atomic mass is 9.99. The molecule has 0 aliphatic carbocycles. The van der Waals surface area contributed by atoms with Crippen LogP contribution in [0.25, 0.3) is 0 Å². The molecule has 1 aromatic rings. The summed E-state index contributed by atoms with van der Waals surface area (Å²) in [5, 5.41) is 11.8. The minimum atomic E-state index is -0.968. The Labute approximate surface area is 126 Å². The molecule has 0 spiro atoms. The van der Waals surface area contributed by atoms with E-state index >= 15 is 0 Å². The molecule has 0 aliphatic heterocycles. The van der Waals surface area contributed by atoms with Crippen molar-refractivity contribution in [1.29, 1.82) is 0 Å². The minimum absolute atomic E-state index is 0.0738. The van der Waals surface area contributed by atoms with Crippen molar-refractivity contribution in [3.8, 4) is 0 Å². The number of aliphatic carboxylic acids is 1. The predicted molar refractivity (Wildman–Crippen MR) is 83.2 cm³/mol. The van der Waals surface area contributed by atoms with E-state index < -0.39 is 12.0 Å². The van der Waals surface area contributed by atoms with Crippen molar-refractivity contribution in [3.63, 3.8) is 0 Å². The maximum absolute atomic E-state index is 11.9. The average molecular weight is 291 g/mol. The van der Waals surface area contributed by atoms with Gasteiger partial charge in [-0.3, -0.25) is 4.79 Å². The lowest BCUT2D eigenvalue weighted by Crippen LogP contribution is -2.45. The first-order chi connectivity index (χ1) is 9.97. The van der Waals surface area contributed by atoms with Crippen LogP contribution >= 0.6 is 0 Å². The molecule has 1 amide bonds. The fourth-order valence-corrected chi connectivity index (χ4v) is 2.13. The number of amides is 1. The number of nitrogens with one attached hydrogen (secondary N) is 1. The Bertz CT molecular complexity index is 467. The van der Waals surface area contributed by atoms with Crippen molar-refractivity contribution >= 4 is 11.9 Å². The van der Waals surface area contributed by atoms with Crippen LogP contribution in [0.4, 0.5) is 0 Å². The summed E-state index contributed by atoms with van der Waals surface area (Å²) < 4.78 is 0. The van der Waals surface area contributed by atoms with Crippen molar-refractivity contribution in [2.24, 2.45) is 5.92 Å². The Kier molecular flexibility index (Phi) is 6.92. The van der Waals surface area contributed by atoms with E-state index in [0.717, 1.165) is 18.4 Å². The zero-order chi connectivity index (χ0) is 15.8. The molecular formula is C17H25NO3. The molecule has 2 atom stereocenters. The van der Waals surface area contributed by atoms with Crippen molar-refractivity contribution in [2.45, 2.75) is 52.5 Å². The van der Waals surface area contributed by atoms with Gasteiger partial charge in [0.15, 0.2) is 0 Å². The van der Waals surface area contributed by atoms with Crippen LogP contribution in [0.1, 0.15) is 44.7 Å². The maximum atomic E-state index is 11.9. The number of hydrogen-bond donors (Lipinski definition) is 2. The minimum Gasteiger partial charge on any atom is -0.480 e. The number of rotatable bonds is 8. The molecule has 1 rings (SSSR count). The third-order valence-electron chi connectivity index (χ3n) is 3.87. The molecule has 0 aromatic heterocycles. The fraction of sp³-hybridized carbons (Fsp3) is 0.529. The molecule has 0 saturated heterocycles. The van der Waals surface area contributed by atoms with Gasteiger partial charge < -0.3 is 10.4 Å². The summed E-state index contributed by atoms with van der Waals surface area (Å²) in [4.78, 5) is 23.1. The van der Waals surface area contributed by atoms with Crippen LogP contribution in [-0.4, -0.2) is 23.0 Å². The van der Waals surface area contributed by atoms with Crippen LogP contribution < -0.4 is 5.32 Å². The van der Waals surface area contributed by atoms with Gasteiger partial charge in [-0.2, -0.15) is 0 Å². The summed E-state index contributed by atoms with van der Waals surface area (Å²) in [6.45, 7) is 5.86. The fourth-order valence-electron chi connectivity index (χ4n) is 2.13. The highest BCUT2D eigenvalue weighted by Gasteiger charge is 2.24. The number of carbonyl (C=O) groups excluding carboxylic acids is 1. The average Bonchev–Trinajstić information content (AvgIpc) is 2.50. The third-order valence-corrected chi connectivity index (χ3v) is 3.87. The summed E-state index contributed by atoms with van der Waals surface area (Å²) in [6, 6.07) is 7.37. The van der Waals surface area contributed by atoms with Gasteiger partial charge in [0.05, 0.1) is 0 Å². The quantitative estimate of drug-likeness (QED) is 0.774. The predicted octanol–water partition coefficient (Wildman–Crippen LogP) is 2.80. The zero-order valence-corrected chi connectivity index (χ0v) is 13.1. The Morgan fingerprint density at radius 2 is 1.71 bits per heavy atom. The standard InChI is InChI=1S/C17H25NO3/c1-4-12(3)16(17(20)21)18-15(19)11-10-14-8-6-13(5-2)7-9-14/h6-9,12,16H,4-5,10-11H2,1-3H3,(H,18,19)(H,20,21)/t12-,16-/m0/s1. The first-order valence-corrected chi connectivity index (χ1v) is 7.57. The van der Waals surface area contributed by atoms with E-state index in [1.165, 1.54) is 5.56 Å². The first kappa shape index (κ1) is 17.2. The van der Waals surface area contributed by atoms with Gasteiger partial charge in [0.1, 0.15) is 6.04 Å². The van der Waals surface area contributed by atoms with Gasteiger partial charge in [0.25, 0.3) is 0 Å². The molecule has 0 aliphatic rings. The summed E-state index contributed by atoms with van der Waals surface area (Å²) in [7, 11) is 0. The summed E-state index contributed by atoms with van der Waals surface area (Å²) in [6.07, 6.45) is 2.65. The van der Waals surface area contributed by atoms with E-state index in [1.807, 2.05) is 26.0 Å². The topological polar surface area (TPSA) is 66.4 Å². The molecule has 0 radical (unpaired) electrons. The molecule has 0 fully saturated rings. The highest BCUT2D eigenvalue weighted by atomic mass is 16.4. The molecule has 4 nitrogen and oxygen atoms in total. The van der Waals surface area contributed by atoms with Crippen LogP contribution in [0.2, 0.25) is 0 Å². The summed E-state index contributed by atoms with van der Waals surface area (Å²) >= 11 is 0. The molecule has 2 N–H and O–H groups in total. The first-order valence-electron chi connectivity index (χ1n) is 7.57. The lowest BCUT2D eigenvalue weighted by Gasteiger charge is -2.20. The zero-order valence-electron chi connectivity index (χ0n) is 13.1. The van der Waals surface area contributed by atoms with Gasteiger partial charge in [-0.15, -0.1) is 0 Å². The van der Waals surface area contributed by atoms with E-state index in [1.54, 1.807) is 0 Å². The molecular weight excluding hydrogens is 266 g/mol. The van der Waals surface area contributed by atoms with E-state index in [4.69, 9.17) is 5.11 Å². The van der Waals surface area contributed by atoms with Crippen LogP contribution in [0.15, 0.2) is 24.3 Å². The molecule has 116 valence electrons. The SMILES string of the molecule is CCc1ccc(CCC(=O)N[C@H](C(=O)O)[C@@H](C)CC)cc1. The van der Waals surface area contributed by atoms with Gasteiger partial charge >= 0.3 is 5.97 Å². The van der Waals surface area contributed by atoms with E-state index in [-0.39, 0.29) is 11.8 Å². The second-order valence-electron chi connectivity index (χ2n) is 5.44. The van der Waals surface area contributed by atoms with Crippen molar-refractivity contribution in [1.82, 2.24) is 5.32 Å². The third kappa shape index (κ3) is 5.58. The summed E-state index contributed by atoms with van der Waals surface area (Å²) in [5.74, 6) is -1.25. The van der Waals surface area contributed by atoms with Gasteiger partial charge in [-0.1, -0.05) is 51.5 Å². The molecule has 0 saturated carbocycles. The van der Waals surface area contributed by atoms with Crippen LogP contribution in [0.5, 0.6) is 0 Å². The second kappa shape index (κ2) is 8.45. The normalized spacial score (nSPS) is 13.5. The van der Waals surface area contributed by atoms with Crippen LogP contribution in [0.3, 0.4) is 0 Å². The monoisotopic (exact) mass is 291 g/mol. The van der Waals surface area contributed by atoms with Crippen molar-refractivity contribution in [3.05, 3.63) is 35.4 Å². The molecule has 0 heterocycles. The van der Waals surface area contributed by atoms with Crippen LogP contribution in [-0.2, 0) is 22.4 Å². The molecule has 0 bridgehead atoms. The second-order valence-corrected chi connectivity index (χ2v) is 5.44. The lowest BCUT2D eigenvalue weighted by molar-refractivity contribution is -0.143. The Morgan fingerprint density at radius 3 is 2.19 bits per heavy atom. The number of aryl methyl sites for hydroxylation is 2. The van der Waals surface area contributed by atoms with Crippen molar-refractivity contribution in [2.75, 3.05) is 0 Å². The molecule has 21 heavy (non-hydrogen) atoms. The maximum Gasteiger partial charge on any atom is 0.326 e. The highest BCUT2D eigenvalue weighted by Crippen LogP contribution is 2.10. The van der Waals surface area contributed by atoms with Gasteiger partial charge in [0, 0.05) is 6.42 Å². The highest BCUT2D eigenvalue weighted by molar-refractivity contribution is 5.83. The largest absolute Gasteiger partial charge is 0.480 e.